The van der Waals surface area contributed by atoms with Gasteiger partial charge in [0, 0.05) is 46.2 Å². The number of ether oxygens (including phenoxy) is 1. The van der Waals surface area contributed by atoms with Crippen LogP contribution in [0.2, 0.25) is 0 Å². The van der Waals surface area contributed by atoms with Gasteiger partial charge in [0.2, 0.25) is 0 Å². The van der Waals surface area contributed by atoms with Crippen LogP contribution in [0, 0.1) is 5.92 Å². The monoisotopic (exact) mass is 483 g/mol. The molecule has 7 heteroatoms. The Morgan fingerprint density at radius 1 is 1.30 bits per heavy atom. The first-order chi connectivity index (χ1) is 12.8. The summed E-state index contributed by atoms with van der Waals surface area (Å²) >= 11 is 0. The van der Waals surface area contributed by atoms with Crippen molar-refractivity contribution in [1.29, 1.82) is 0 Å². The molecule has 1 N–H and O–H groups in total. The molecule has 1 aromatic carbocycles. The molecule has 3 rings (SSSR count). The largest absolute Gasteiger partial charge is 0.379 e. The second-order valence-corrected chi connectivity index (χ2v) is 6.81. The number of benzene rings is 1. The summed E-state index contributed by atoms with van der Waals surface area (Å²) in [5.74, 6) is 1.69. The summed E-state index contributed by atoms with van der Waals surface area (Å²) in [5, 5.41) is 7.76. The number of nitrogens with one attached hydrogen (secondary N) is 1. The van der Waals surface area contributed by atoms with E-state index in [1.807, 2.05) is 37.2 Å². The van der Waals surface area contributed by atoms with E-state index in [1.165, 1.54) is 24.0 Å². The predicted octanol–water partition coefficient (Wildman–Crippen LogP) is 2.98. The minimum Gasteiger partial charge on any atom is -0.379 e. The quantitative estimate of drug-likeness (QED) is 0.258. The van der Waals surface area contributed by atoms with Gasteiger partial charge in [0.25, 0.3) is 0 Å². The number of aromatic nitrogens is 2. The highest BCUT2D eigenvalue weighted by atomic mass is 127. The van der Waals surface area contributed by atoms with Crippen LogP contribution in [0.4, 0.5) is 0 Å². The fourth-order valence-electron chi connectivity index (χ4n) is 2.85. The van der Waals surface area contributed by atoms with Crippen LogP contribution in [0.25, 0.3) is 0 Å². The van der Waals surface area contributed by atoms with Crippen LogP contribution in [-0.2, 0) is 17.8 Å². The zero-order valence-corrected chi connectivity index (χ0v) is 18.5. The number of guanidine groups is 1. The highest BCUT2D eigenvalue weighted by molar-refractivity contribution is 14.0. The summed E-state index contributed by atoms with van der Waals surface area (Å²) < 4.78 is 7.67. The molecule has 0 amide bonds. The zero-order valence-electron chi connectivity index (χ0n) is 16.2. The van der Waals surface area contributed by atoms with Gasteiger partial charge >= 0.3 is 0 Å². The third kappa shape index (κ3) is 7.14. The average Bonchev–Trinajstić information content (AvgIpc) is 3.34. The Hall–Kier alpha value is -1.61. The van der Waals surface area contributed by atoms with E-state index in [-0.39, 0.29) is 24.0 Å². The Morgan fingerprint density at radius 2 is 2.07 bits per heavy atom. The first kappa shape index (κ1) is 21.7. The van der Waals surface area contributed by atoms with Gasteiger partial charge in [0.1, 0.15) is 0 Å². The Morgan fingerprint density at radius 3 is 2.74 bits per heavy atom. The highest BCUT2D eigenvalue weighted by Crippen LogP contribution is 2.28. The lowest BCUT2D eigenvalue weighted by atomic mass is 10.1. The van der Waals surface area contributed by atoms with Gasteiger partial charge in [-0.15, -0.1) is 24.0 Å². The van der Waals surface area contributed by atoms with E-state index in [9.17, 15) is 0 Å². The molecule has 1 aliphatic carbocycles. The second-order valence-electron chi connectivity index (χ2n) is 6.81. The standard InChI is InChI=1S/C20H29N5O.HI/c1-21-20(24(2)12-13-26-16-17-8-9-17)22-14-18-6-3-4-7-19(18)15-25-11-5-10-23-25;/h3-7,10-11,17H,8-9,12-16H2,1-2H3,(H,21,22);1H. The van der Waals surface area contributed by atoms with Crippen molar-refractivity contribution in [3.63, 3.8) is 0 Å². The number of halogens is 1. The predicted molar refractivity (Wildman–Crippen MR) is 120 cm³/mol. The van der Waals surface area contributed by atoms with Crippen molar-refractivity contribution in [1.82, 2.24) is 20.0 Å². The van der Waals surface area contributed by atoms with Crippen molar-refractivity contribution in [2.45, 2.75) is 25.9 Å². The third-order valence-electron chi connectivity index (χ3n) is 4.64. The van der Waals surface area contributed by atoms with E-state index in [1.54, 1.807) is 0 Å². The maximum absolute atomic E-state index is 5.73. The molecule has 0 spiro atoms. The smallest absolute Gasteiger partial charge is 0.193 e. The van der Waals surface area contributed by atoms with E-state index in [4.69, 9.17) is 4.74 Å². The Bertz CT molecular complexity index is 700. The molecule has 1 fully saturated rings. The molecule has 2 aromatic rings. The Labute approximate surface area is 179 Å². The average molecular weight is 483 g/mol. The van der Waals surface area contributed by atoms with Crippen LogP contribution in [0.1, 0.15) is 24.0 Å². The van der Waals surface area contributed by atoms with Crippen LogP contribution in [0.3, 0.4) is 0 Å². The van der Waals surface area contributed by atoms with Crippen molar-refractivity contribution in [2.75, 3.05) is 33.9 Å². The lowest BCUT2D eigenvalue weighted by Gasteiger charge is -2.22. The molecule has 0 unspecified atom stereocenters. The highest BCUT2D eigenvalue weighted by Gasteiger charge is 2.21. The fourth-order valence-corrected chi connectivity index (χ4v) is 2.85. The summed E-state index contributed by atoms with van der Waals surface area (Å²) in [4.78, 5) is 6.51. The summed E-state index contributed by atoms with van der Waals surface area (Å²) in [5.41, 5.74) is 2.51. The molecule has 6 nitrogen and oxygen atoms in total. The van der Waals surface area contributed by atoms with Crippen LogP contribution in [0.15, 0.2) is 47.7 Å². The van der Waals surface area contributed by atoms with Crippen molar-refractivity contribution in [2.24, 2.45) is 10.9 Å². The van der Waals surface area contributed by atoms with Gasteiger partial charge in [-0.05, 0) is 36.0 Å². The Balaban J connectivity index is 0.00000261. The maximum Gasteiger partial charge on any atom is 0.193 e. The molecule has 148 valence electrons. The minimum absolute atomic E-state index is 0. The molecule has 1 aromatic heterocycles. The van der Waals surface area contributed by atoms with E-state index >= 15 is 0 Å². The molecule has 0 atom stereocenters. The third-order valence-corrected chi connectivity index (χ3v) is 4.64. The van der Waals surface area contributed by atoms with Crippen molar-refractivity contribution >= 4 is 29.9 Å². The summed E-state index contributed by atoms with van der Waals surface area (Å²) in [7, 11) is 3.87. The van der Waals surface area contributed by atoms with Gasteiger partial charge in [0.15, 0.2) is 5.96 Å². The number of likely N-dealkylation sites (N-methyl/N-ethyl adjacent to an activating group) is 1. The van der Waals surface area contributed by atoms with Gasteiger partial charge in [0.05, 0.1) is 13.2 Å². The van der Waals surface area contributed by atoms with E-state index in [2.05, 4.69) is 44.6 Å². The molecule has 1 heterocycles. The van der Waals surface area contributed by atoms with Crippen LogP contribution >= 0.6 is 24.0 Å². The molecule has 1 aliphatic rings. The van der Waals surface area contributed by atoms with Gasteiger partial charge < -0.3 is 15.0 Å². The summed E-state index contributed by atoms with van der Waals surface area (Å²) in [6, 6.07) is 10.4. The lowest BCUT2D eigenvalue weighted by Crippen LogP contribution is -2.40. The zero-order chi connectivity index (χ0) is 18.2. The number of hydrogen-bond donors (Lipinski definition) is 1. The van der Waals surface area contributed by atoms with Crippen LogP contribution < -0.4 is 5.32 Å². The fraction of sp³-hybridized carbons (Fsp3) is 0.500. The van der Waals surface area contributed by atoms with Crippen molar-refractivity contribution in [3.05, 3.63) is 53.9 Å². The Kier molecular flexibility index (Phi) is 9.06. The van der Waals surface area contributed by atoms with Gasteiger partial charge in [-0.3, -0.25) is 9.67 Å². The SMILES string of the molecule is CN=C(NCc1ccccc1Cn1cccn1)N(C)CCOCC1CC1.I. The number of hydrogen-bond acceptors (Lipinski definition) is 3. The van der Waals surface area contributed by atoms with Gasteiger partial charge in [-0.2, -0.15) is 5.10 Å². The molecule has 0 radical (unpaired) electrons. The van der Waals surface area contributed by atoms with Gasteiger partial charge in [-0.25, -0.2) is 0 Å². The number of rotatable bonds is 9. The lowest BCUT2D eigenvalue weighted by molar-refractivity contribution is 0.115. The topological polar surface area (TPSA) is 54.7 Å². The first-order valence-corrected chi connectivity index (χ1v) is 9.30. The van der Waals surface area contributed by atoms with E-state index in [0.717, 1.165) is 44.7 Å². The van der Waals surface area contributed by atoms with Crippen LogP contribution in [0.5, 0.6) is 0 Å². The summed E-state index contributed by atoms with van der Waals surface area (Å²) in [6.07, 6.45) is 6.45. The molecule has 0 bridgehead atoms. The molecule has 0 saturated heterocycles. The van der Waals surface area contributed by atoms with Crippen molar-refractivity contribution in [3.8, 4) is 0 Å². The maximum atomic E-state index is 5.73. The van der Waals surface area contributed by atoms with Crippen LogP contribution in [-0.4, -0.2) is 54.5 Å². The van der Waals surface area contributed by atoms with Gasteiger partial charge in [-0.1, -0.05) is 24.3 Å². The second kappa shape index (κ2) is 11.3. The first-order valence-electron chi connectivity index (χ1n) is 9.30. The molecule has 1 saturated carbocycles. The van der Waals surface area contributed by atoms with E-state index < -0.39 is 0 Å². The molecular formula is C20H30IN5O. The molecular weight excluding hydrogens is 453 g/mol. The minimum atomic E-state index is 0. The molecule has 0 aliphatic heterocycles. The number of nitrogens with zero attached hydrogens (tertiary/aromatic N) is 4. The summed E-state index contributed by atoms with van der Waals surface area (Å²) in [6.45, 7) is 3.98. The molecule has 27 heavy (non-hydrogen) atoms. The van der Waals surface area contributed by atoms with E-state index in [0.29, 0.717) is 0 Å². The normalized spacial score (nSPS) is 13.9. The van der Waals surface area contributed by atoms with Crippen molar-refractivity contribution < 1.29 is 4.74 Å². The number of aliphatic imine (C=N–C) groups is 1.